The van der Waals surface area contributed by atoms with E-state index >= 15 is 0 Å². The molecule has 8 nitrogen and oxygen atoms in total. The van der Waals surface area contributed by atoms with E-state index < -0.39 is 17.9 Å². The van der Waals surface area contributed by atoms with Crippen LogP contribution in [-0.4, -0.2) is 26.0 Å². The molecule has 11 heteroatoms. The summed E-state index contributed by atoms with van der Waals surface area (Å²) in [7, 11) is 0. The minimum absolute atomic E-state index is 0.124. The average molecular weight is 465 g/mol. The molecular formula is C23H18F3N7O. The Hall–Kier alpha value is -4.54. The zero-order valence-electron chi connectivity index (χ0n) is 17.8. The number of nitrogen functional groups attached to an aromatic ring is 1. The Morgan fingerprint density at radius 3 is 2.32 bits per heavy atom. The number of aromatic nitrogens is 4. The number of hydrogen-bond donors (Lipinski definition) is 3. The van der Waals surface area contributed by atoms with E-state index in [9.17, 15) is 18.0 Å². The first-order chi connectivity index (χ1) is 16.2. The molecule has 1 aromatic carbocycles. The van der Waals surface area contributed by atoms with Crippen molar-refractivity contribution in [3.05, 3.63) is 78.6 Å². The lowest BCUT2D eigenvalue weighted by molar-refractivity contribution is -0.141. The third kappa shape index (κ3) is 5.26. The van der Waals surface area contributed by atoms with Gasteiger partial charge in [0.2, 0.25) is 0 Å². The number of alkyl halides is 3. The second-order valence-electron chi connectivity index (χ2n) is 7.33. The minimum atomic E-state index is -4.55. The number of benzene rings is 1. The van der Waals surface area contributed by atoms with Gasteiger partial charge in [-0.1, -0.05) is 6.07 Å². The third-order valence-electron chi connectivity index (χ3n) is 4.84. The number of aryl methyl sites for hydroxylation is 1. The van der Waals surface area contributed by atoms with Crippen molar-refractivity contribution in [1.29, 1.82) is 0 Å². The molecule has 0 radical (unpaired) electrons. The Morgan fingerprint density at radius 2 is 1.62 bits per heavy atom. The van der Waals surface area contributed by atoms with Crippen LogP contribution in [0, 0.1) is 6.92 Å². The number of nitrogens with zero attached hydrogens (tertiary/aromatic N) is 4. The summed E-state index contributed by atoms with van der Waals surface area (Å²) in [4.78, 5) is 28.1. The summed E-state index contributed by atoms with van der Waals surface area (Å²) in [6, 6.07) is 10.2. The van der Waals surface area contributed by atoms with Gasteiger partial charge in [0, 0.05) is 35.3 Å². The number of rotatable bonds is 4. The number of nitrogens with one attached hydrogen (secondary N) is 2. The molecule has 3 aromatic heterocycles. The van der Waals surface area contributed by atoms with Crippen molar-refractivity contribution < 1.29 is 18.0 Å². The van der Waals surface area contributed by atoms with Gasteiger partial charge in [-0.25, -0.2) is 19.7 Å². The molecule has 0 bridgehead atoms. The van der Waals surface area contributed by atoms with Crippen molar-refractivity contribution in [2.24, 2.45) is 0 Å². The molecule has 3 heterocycles. The summed E-state index contributed by atoms with van der Waals surface area (Å²) in [6.07, 6.45) is 1.12. The van der Waals surface area contributed by atoms with E-state index in [1.165, 1.54) is 6.33 Å². The fraction of sp³-hybridized carbons (Fsp3) is 0.0870. The quantitative estimate of drug-likeness (QED) is 0.383. The molecule has 2 amide bonds. The molecule has 0 aliphatic carbocycles. The van der Waals surface area contributed by atoms with E-state index in [-0.39, 0.29) is 5.69 Å². The fourth-order valence-electron chi connectivity index (χ4n) is 3.20. The number of hydrogen-bond acceptors (Lipinski definition) is 6. The van der Waals surface area contributed by atoms with Crippen molar-refractivity contribution >= 4 is 23.2 Å². The van der Waals surface area contributed by atoms with Crippen LogP contribution in [-0.2, 0) is 6.18 Å². The first-order valence-corrected chi connectivity index (χ1v) is 9.94. The molecule has 0 aliphatic heterocycles. The Kier molecular flexibility index (Phi) is 6.09. The van der Waals surface area contributed by atoms with Crippen molar-refractivity contribution in [1.82, 2.24) is 19.9 Å². The van der Waals surface area contributed by atoms with Crippen LogP contribution in [0.2, 0.25) is 0 Å². The van der Waals surface area contributed by atoms with Crippen molar-refractivity contribution in [2.45, 2.75) is 13.1 Å². The van der Waals surface area contributed by atoms with Gasteiger partial charge in [0.1, 0.15) is 17.8 Å². The van der Waals surface area contributed by atoms with Crippen LogP contribution in [0.4, 0.5) is 35.2 Å². The highest BCUT2D eigenvalue weighted by Gasteiger charge is 2.32. The molecule has 4 N–H and O–H groups in total. The number of nitrogens with two attached hydrogens (primary N) is 1. The number of amides is 2. The highest BCUT2D eigenvalue weighted by Crippen LogP contribution is 2.30. The Labute approximate surface area is 192 Å². The molecule has 4 aromatic rings. The van der Waals surface area contributed by atoms with Crippen molar-refractivity contribution in [3.63, 3.8) is 0 Å². The summed E-state index contributed by atoms with van der Waals surface area (Å²) >= 11 is 0. The summed E-state index contributed by atoms with van der Waals surface area (Å²) in [5.74, 6) is 0.340. The van der Waals surface area contributed by atoms with Crippen LogP contribution in [0.25, 0.3) is 22.4 Å². The standard InChI is InChI=1S/C23H18F3N7O/c1-13-2-3-16(32-22(34)33-17-4-5-20(29-11-17)23(24,25)26)7-18(13)14-6-15(10-28-9-14)19-8-21(27)31-12-30-19/h2-12H,1H3,(H2,27,30,31)(H2,32,33,34). The maximum atomic E-state index is 12.6. The lowest BCUT2D eigenvalue weighted by atomic mass is 9.99. The zero-order valence-corrected chi connectivity index (χ0v) is 17.8. The molecule has 0 saturated heterocycles. The van der Waals surface area contributed by atoms with Gasteiger partial charge in [-0.2, -0.15) is 13.2 Å². The number of carbonyl (C=O) groups excluding carboxylic acids is 1. The number of pyridine rings is 2. The number of carbonyl (C=O) groups is 1. The molecule has 0 aliphatic rings. The summed E-state index contributed by atoms with van der Waals surface area (Å²) in [6.45, 7) is 1.92. The molecule has 0 saturated carbocycles. The monoisotopic (exact) mass is 465 g/mol. The Bertz CT molecular complexity index is 1340. The van der Waals surface area contributed by atoms with Gasteiger partial charge in [0.25, 0.3) is 0 Å². The fourth-order valence-corrected chi connectivity index (χ4v) is 3.20. The molecular weight excluding hydrogens is 447 g/mol. The summed E-state index contributed by atoms with van der Waals surface area (Å²) in [5.41, 5.74) is 9.24. The lowest BCUT2D eigenvalue weighted by Gasteiger charge is -2.12. The third-order valence-corrected chi connectivity index (χ3v) is 4.84. The molecule has 0 unspecified atom stereocenters. The number of anilines is 3. The van der Waals surface area contributed by atoms with E-state index in [0.29, 0.717) is 17.2 Å². The summed E-state index contributed by atoms with van der Waals surface area (Å²) < 4.78 is 37.9. The van der Waals surface area contributed by atoms with E-state index in [0.717, 1.165) is 40.6 Å². The second kappa shape index (κ2) is 9.14. The lowest BCUT2D eigenvalue weighted by Crippen LogP contribution is -2.20. The first-order valence-electron chi connectivity index (χ1n) is 9.94. The van der Waals surface area contributed by atoms with Gasteiger partial charge in [-0.05, 0) is 48.4 Å². The maximum Gasteiger partial charge on any atom is 0.433 e. The van der Waals surface area contributed by atoms with E-state index in [1.54, 1.807) is 30.6 Å². The van der Waals surface area contributed by atoms with E-state index in [2.05, 4.69) is 30.6 Å². The topological polar surface area (TPSA) is 119 Å². The number of halogens is 3. The largest absolute Gasteiger partial charge is 0.433 e. The first kappa shape index (κ1) is 22.6. The van der Waals surface area contributed by atoms with Crippen LogP contribution in [0.1, 0.15) is 11.3 Å². The minimum Gasteiger partial charge on any atom is -0.384 e. The van der Waals surface area contributed by atoms with Crippen molar-refractivity contribution in [3.8, 4) is 22.4 Å². The van der Waals surface area contributed by atoms with Gasteiger partial charge in [-0.15, -0.1) is 0 Å². The molecule has 0 atom stereocenters. The van der Waals surface area contributed by atoms with Gasteiger partial charge in [0.15, 0.2) is 0 Å². The van der Waals surface area contributed by atoms with Crippen LogP contribution in [0.15, 0.2) is 67.4 Å². The van der Waals surface area contributed by atoms with Gasteiger partial charge in [0.05, 0.1) is 17.6 Å². The smallest absolute Gasteiger partial charge is 0.384 e. The van der Waals surface area contributed by atoms with Crippen LogP contribution < -0.4 is 16.4 Å². The summed E-state index contributed by atoms with van der Waals surface area (Å²) in [5, 5.41) is 5.13. The van der Waals surface area contributed by atoms with Crippen LogP contribution >= 0.6 is 0 Å². The Morgan fingerprint density at radius 1 is 0.882 bits per heavy atom. The van der Waals surface area contributed by atoms with E-state index in [4.69, 9.17) is 5.73 Å². The van der Waals surface area contributed by atoms with Gasteiger partial charge in [-0.3, -0.25) is 4.98 Å². The predicted molar refractivity (Wildman–Crippen MR) is 122 cm³/mol. The number of urea groups is 1. The Balaban J connectivity index is 1.52. The van der Waals surface area contributed by atoms with E-state index in [1.807, 2.05) is 19.1 Å². The average Bonchev–Trinajstić information content (AvgIpc) is 2.80. The normalized spacial score (nSPS) is 11.2. The molecule has 0 spiro atoms. The second-order valence-corrected chi connectivity index (χ2v) is 7.33. The highest BCUT2D eigenvalue weighted by atomic mass is 19.4. The van der Waals surface area contributed by atoms with Gasteiger partial charge >= 0.3 is 12.2 Å². The molecule has 4 rings (SSSR count). The molecule has 0 fully saturated rings. The van der Waals surface area contributed by atoms with Crippen LogP contribution in [0.3, 0.4) is 0 Å². The maximum absolute atomic E-state index is 12.6. The zero-order chi connectivity index (χ0) is 24.3. The molecule has 172 valence electrons. The molecule has 34 heavy (non-hydrogen) atoms. The predicted octanol–water partition coefficient (Wildman–Crippen LogP) is 5.15. The van der Waals surface area contributed by atoms with Gasteiger partial charge < -0.3 is 16.4 Å². The highest BCUT2D eigenvalue weighted by molar-refractivity contribution is 6.00. The van der Waals surface area contributed by atoms with Crippen molar-refractivity contribution in [2.75, 3.05) is 16.4 Å². The van der Waals surface area contributed by atoms with Crippen LogP contribution in [0.5, 0.6) is 0 Å². The SMILES string of the molecule is Cc1ccc(NC(=O)Nc2ccc(C(F)(F)F)nc2)cc1-c1cncc(-c2cc(N)ncn2)c1.